The van der Waals surface area contributed by atoms with E-state index in [9.17, 15) is 13.2 Å². The lowest BCUT2D eigenvalue weighted by Crippen LogP contribution is -2.40. The molecule has 1 saturated heterocycles. The first-order valence-electron chi connectivity index (χ1n) is 10.6. The Labute approximate surface area is 184 Å². The quantitative estimate of drug-likeness (QED) is 0.567. The lowest BCUT2D eigenvalue weighted by atomic mass is 10.1. The first kappa shape index (κ1) is 23.2. The minimum absolute atomic E-state index is 0.000235. The summed E-state index contributed by atoms with van der Waals surface area (Å²) in [4.78, 5) is 12.4. The molecule has 0 bridgehead atoms. The van der Waals surface area contributed by atoms with Gasteiger partial charge in [0, 0.05) is 26.1 Å². The third kappa shape index (κ3) is 6.78. The van der Waals surface area contributed by atoms with Crippen LogP contribution in [0.15, 0.2) is 53.4 Å². The van der Waals surface area contributed by atoms with Gasteiger partial charge in [-0.1, -0.05) is 24.3 Å². The largest absolute Gasteiger partial charge is 0.497 e. The van der Waals surface area contributed by atoms with E-state index in [0.717, 1.165) is 24.2 Å². The summed E-state index contributed by atoms with van der Waals surface area (Å²) < 4.78 is 37.1. The van der Waals surface area contributed by atoms with Crippen molar-refractivity contribution in [1.29, 1.82) is 0 Å². The van der Waals surface area contributed by atoms with Crippen LogP contribution in [0.25, 0.3) is 0 Å². The van der Waals surface area contributed by atoms with Crippen LogP contribution in [-0.2, 0) is 32.4 Å². The summed E-state index contributed by atoms with van der Waals surface area (Å²) in [6.07, 6.45) is 2.70. The summed E-state index contributed by atoms with van der Waals surface area (Å²) in [6.45, 7) is 2.23. The van der Waals surface area contributed by atoms with Gasteiger partial charge in [-0.15, -0.1) is 0 Å². The van der Waals surface area contributed by atoms with Crippen molar-refractivity contribution in [2.75, 3.05) is 40.0 Å². The Bertz CT molecular complexity index is 937. The van der Waals surface area contributed by atoms with E-state index >= 15 is 0 Å². The van der Waals surface area contributed by atoms with Crippen molar-refractivity contribution < 1.29 is 22.7 Å². The highest BCUT2D eigenvalue weighted by Gasteiger charge is 2.26. The fourth-order valence-electron chi connectivity index (χ4n) is 3.42. The highest BCUT2D eigenvalue weighted by atomic mass is 32.2. The van der Waals surface area contributed by atoms with E-state index in [1.807, 2.05) is 24.3 Å². The SMILES string of the molecule is COc1ccc(CCCNC(=O)CCc2ccc(S(=O)(=O)N3CCOCC3)cc2)cc1. The predicted molar refractivity (Wildman–Crippen MR) is 119 cm³/mol. The fraction of sp³-hybridized carbons (Fsp3) is 0.435. The molecule has 0 radical (unpaired) electrons. The van der Waals surface area contributed by atoms with Crippen LogP contribution < -0.4 is 10.1 Å². The first-order valence-corrected chi connectivity index (χ1v) is 12.0. The Hall–Kier alpha value is -2.42. The van der Waals surface area contributed by atoms with Gasteiger partial charge in [-0.3, -0.25) is 4.79 Å². The van der Waals surface area contributed by atoms with Gasteiger partial charge in [-0.25, -0.2) is 8.42 Å². The van der Waals surface area contributed by atoms with Crippen LogP contribution in [0.3, 0.4) is 0 Å². The van der Waals surface area contributed by atoms with E-state index in [2.05, 4.69) is 5.32 Å². The van der Waals surface area contributed by atoms with E-state index in [1.165, 1.54) is 9.87 Å². The standard InChI is InChI=1S/C23H30N2O5S/c1-29-21-9-4-19(5-10-21)3-2-14-24-23(26)13-8-20-6-11-22(12-7-20)31(27,28)25-15-17-30-18-16-25/h4-7,9-12H,2-3,8,13-18H2,1H3,(H,24,26). The maximum absolute atomic E-state index is 12.6. The van der Waals surface area contributed by atoms with Gasteiger partial charge >= 0.3 is 0 Å². The van der Waals surface area contributed by atoms with Crippen molar-refractivity contribution in [3.8, 4) is 5.75 Å². The maximum atomic E-state index is 12.6. The number of sulfonamides is 1. The van der Waals surface area contributed by atoms with Gasteiger partial charge in [0.05, 0.1) is 25.2 Å². The smallest absolute Gasteiger partial charge is 0.243 e. The van der Waals surface area contributed by atoms with Crippen LogP contribution in [0, 0.1) is 0 Å². The maximum Gasteiger partial charge on any atom is 0.243 e. The number of amides is 1. The van der Waals surface area contributed by atoms with E-state index in [-0.39, 0.29) is 10.8 Å². The highest BCUT2D eigenvalue weighted by molar-refractivity contribution is 7.89. The molecular weight excluding hydrogens is 416 g/mol. The number of aryl methyl sites for hydroxylation is 2. The third-order valence-corrected chi connectivity index (χ3v) is 7.21. The molecule has 2 aromatic carbocycles. The number of hydrogen-bond acceptors (Lipinski definition) is 5. The molecule has 168 valence electrons. The highest BCUT2D eigenvalue weighted by Crippen LogP contribution is 2.18. The molecule has 7 nitrogen and oxygen atoms in total. The van der Waals surface area contributed by atoms with Crippen molar-refractivity contribution >= 4 is 15.9 Å². The number of carbonyl (C=O) groups excluding carboxylic acids is 1. The molecule has 0 aromatic heterocycles. The number of carbonyl (C=O) groups is 1. The molecule has 0 saturated carbocycles. The molecule has 1 N–H and O–H groups in total. The number of nitrogens with one attached hydrogen (secondary N) is 1. The van der Waals surface area contributed by atoms with Crippen LogP contribution in [0.2, 0.25) is 0 Å². The summed E-state index contributed by atoms with van der Waals surface area (Å²) in [5.74, 6) is 0.837. The normalized spacial score (nSPS) is 14.9. The molecule has 1 fully saturated rings. The van der Waals surface area contributed by atoms with Crippen molar-refractivity contribution in [2.24, 2.45) is 0 Å². The lowest BCUT2D eigenvalue weighted by Gasteiger charge is -2.26. The summed E-state index contributed by atoms with van der Waals surface area (Å²) in [5.41, 5.74) is 2.15. The van der Waals surface area contributed by atoms with Crippen LogP contribution in [0.5, 0.6) is 5.75 Å². The molecule has 0 atom stereocenters. The summed E-state index contributed by atoms with van der Waals surface area (Å²) in [6, 6.07) is 14.7. The zero-order chi connectivity index (χ0) is 22.1. The molecule has 2 aromatic rings. The van der Waals surface area contributed by atoms with Crippen molar-refractivity contribution in [2.45, 2.75) is 30.6 Å². The Kier molecular flexibility index (Phi) is 8.45. The Morgan fingerprint density at radius 1 is 1.00 bits per heavy atom. The van der Waals surface area contributed by atoms with E-state index in [4.69, 9.17) is 9.47 Å². The number of morpholine rings is 1. The monoisotopic (exact) mass is 446 g/mol. The minimum atomic E-state index is -3.48. The fourth-order valence-corrected chi connectivity index (χ4v) is 4.83. The molecule has 1 aliphatic heterocycles. The second kappa shape index (κ2) is 11.3. The summed E-state index contributed by atoms with van der Waals surface area (Å²) in [7, 11) is -1.84. The number of ether oxygens (including phenoxy) is 2. The van der Waals surface area contributed by atoms with Gasteiger partial charge in [-0.2, -0.15) is 4.31 Å². The van der Waals surface area contributed by atoms with Crippen molar-refractivity contribution in [1.82, 2.24) is 9.62 Å². The molecule has 8 heteroatoms. The number of nitrogens with zero attached hydrogens (tertiary/aromatic N) is 1. The summed E-state index contributed by atoms with van der Waals surface area (Å²) in [5, 5.41) is 2.95. The molecule has 0 unspecified atom stereocenters. The van der Waals surface area contributed by atoms with Gasteiger partial charge in [-0.05, 0) is 54.7 Å². The van der Waals surface area contributed by atoms with Gasteiger partial charge in [0.25, 0.3) is 0 Å². The average molecular weight is 447 g/mol. The average Bonchev–Trinajstić information content (AvgIpc) is 2.81. The predicted octanol–water partition coefficient (Wildman–Crippen LogP) is 2.40. The van der Waals surface area contributed by atoms with Crippen LogP contribution in [-0.4, -0.2) is 58.6 Å². The van der Waals surface area contributed by atoms with E-state index in [0.29, 0.717) is 45.7 Å². The zero-order valence-corrected chi connectivity index (χ0v) is 18.7. The van der Waals surface area contributed by atoms with E-state index < -0.39 is 10.0 Å². The molecular formula is C23H30N2O5S. The molecule has 1 amide bonds. The minimum Gasteiger partial charge on any atom is -0.497 e. The van der Waals surface area contributed by atoms with Gasteiger partial charge in [0.1, 0.15) is 5.75 Å². The van der Waals surface area contributed by atoms with E-state index in [1.54, 1.807) is 31.4 Å². The zero-order valence-electron chi connectivity index (χ0n) is 17.9. The summed E-state index contributed by atoms with van der Waals surface area (Å²) >= 11 is 0. The number of rotatable bonds is 10. The number of benzene rings is 2. The molecule has 0 aliphatic carbocycles. The third-order valence-electron chi connectivity index (χ3n) is 5.30. The topological polar surface area (TPSA) is 84.9 Å². The molecule has 31 heavy (non-hydrogen) atoms. The van der Waals surface area contributed by atoms with Gasteiger partial charge in [0.2, 0.25) is 15.9 Å². The Morgan fingerprint density at radius 2 is 1.61 bits per heavy atom. The van der Waals surface area contributed by atoms with Crippen molar-refractivity contribution in [3.05, 3.63) is 59.7 Å². The van der Waals surface area contributed by atoms with Crippen LogP contribution in [0.4, 0.5) is 0 Å². The second-order valence-corrected chi connectivity index (χ2v) is 9.40. The molecule has 3 rings (SSSR count). The van der Waals surface area contributed by atoms with Crippen LogP contribution >= 0.6 is 0 Å². The van der Waals surface area contributed by atoms with Crippen molar-refractivity contribution in [3.63, 3.8) is 0 Å². The number of methoxy groups -OCH3 is 1. The first-order chi connectivity index (χ1) is 15.0. The lowest BCUT2D eigenvalue weighted by molar-refractivity contribution is -0.121. The number of hydrogen-bond donors (Lipinski definition) is 1. The Balaban J connectivity index is 1.38. The van der Waals surface area contributed by atoms with Crippen LogP contribution in [0.1, 0.15) is 24.0 Å². The Morgan fingerprint density at radius 3 is 2.26 bits per heavy atom. The molecule has 1 heterocycles. The molecule has 1 aliphatic rings. The van der Waals surface area contributed by atoms with Gasteiger partial charge in [0.15, 0.2) is 0 Å². The molecule has 0 spiro atoms. The second-order valence-electron chi connectivity index (χ2n) is 7.46. The van der Waals surface area contributed by atoms with Gasteiger partial charge < -0.3 is 14.8 Å².